The number of rotatable bonds is 6. The van der Waals surface area contributed by atoms with Crippen molar-refractivity contribution in [2.24, 2.45) is 0 Å². The molecule has 0 aliphatic heterocycles. The molecule has 0 aromatic rings. The van der Waals surface area contributed by atoms with Gasteiger partial charge in [-0.3, -0.25) is 0 Å². The van der Waals surface area contributed by atoms with Crippen molar-refractivity contribution in [1.82, 2.24) is 0 Å². The predicted molar refractivity (Wildman–Crippen MR) is 57.1 cm³/mol. The average molecular weight is 166 g/mol. The molecule has 62 valence electrons. The zero-order chi connectivity index (χ0) is 8.74. The van der Waals surface area contributed by atoms with Crippen molar-refractivity contribution < 1.29 is 0 Å². The van der Waals surface area contributed by atoms with Crippen LogP contribution in [0.2, 0.25) is 5.04 Å². The molecule has 0 heterocycles. The summed E-state index contributed by atoms with van der Waals surface area (Å²) in [5.41, 5.74) is 0. The number of hydrogen-bond acceptors (Lipinski definition) is 0. The quantitative estimate of drug-likeness (QED) is 0.419. The summed E-state index contributed by atoms with van der Waals surface area (Å²) in [6.45, 7) is 11.3. The Hall–Kier alpha value is -0.563. The fourth-order valence-electron chi connectivity index (χ4n) is 1.30. The lowest BCUT2D eigenvalue weighted by molar-refractivity contribution is 0.580. The molecule has 0 aromatic heterocycles. The van der Waals surface area contributed by atoms with Crippen LogP contribution in [-0.2, 0) is 0 Å². The number of allylic oxidation sites excluding steroid dienone is 3. The van der Waals surface area contributed by atoms with Crippen molar-refractivity contribution >= 4 is 10.2 Å². The molecule has 0 amide bonds. The molecule has 0 radical (unpaired) electrons. The highest BCUT2D eigenvalue weighted by molar-refractivity contribution is 6.15. The highest BCUT2D eigenvalue weighted by atomic mass is 28.1. The van der Waals surface area contributed by atoms with Gasteiger partial charge < -0.3 is 0 Å². The van der Waals surface area contributed by atoms with E-state index in [0.717, 1.165) is 19.3 Å². The molecule has 11 heavy (non-hydrogen) atoms. The van der Waals surface area contributed by atoms with Crippen LogP contribution in [0.15, 0.2) is 38.0 Å². The monoisotopic (exact) mass is 166 g/mol. The van der Waals surface area contributed by atoms with E-state index in [-0.39, 0.29) is 0 Å². The molecule has 0 saturated heterocycles. The van der Waals surface area contributed by atoms with Crippen LogP contribution in [0.25, 0.3) is 0 Å². The Kier molecular flexibility index (Phi) is 4.87. The third-order valence-corrected chi connectivity index (χ3v) is 3.14. The first kappa shape index (κ1) is 10.4. The molecule has 0 atom stereocenters. The summed E-state index contributed by atoms with van der Waals surface area (Å²) in [5.74, 6) is 0. The highest BCUT2D eigenvalue weighted by Gasteiger charge is 2.18. The van der Waals surface area contributed by atoms with E-state index in [1.165, 1.54) is 10.2 Å². The van der Waals surface area contributed by atoms with Gasteiger partial charge >= 0.3 is 0 Å². The summed E-state index contributed by atoms with van der Waals surface area (Å²) < 4.78 is 0. The van der Waals surface area contributed by atoms with E-state index in [0.29, 0.717) is 5.04 Å². The molecule has 0 saturated carbocycles. The van der Waals surface area contributed by atoms with Gasteiger partial charge in [0, 0.05) is 10.2 Å². The first-order chi connectivity index (χ1) is 5.18. The molecular formula is C10H18Si. The zero-order valence-electron chi connectivity index (χ0n) is 7.47. The normalized spacial score (nSPS) is 10.9. The van der Waals surface area contributed by atoms with Crippen molar-refractivity contribution in [3.05, 3.63) is 38.0 Å². The van der Waals surface area contributed by atoms with Gasteiger partial charge in [-0.15, -0.1) is 19.7 Å². The van der Waals surface area contributed by atoms with E-state index in [9.17, 15) is 0 Å². The van der Waals surface area contributed by atoms with E-state index in [2.05, 4.69) is 19.7 Å². The van der Waals surface area contributed by atoms with Crippen molar-refractivity contribution in [2.75, 3.05) is 0 Å². The Morgan fingerprint density at radius 2 is 1.18 bits per heavy atom. The molecule has 0 aliphatic rings. The SMILES string of the molecule is C=CCC([SiH3])(CC=C)CC=C. The Labute approximate surface area is 73.1 Å². The maximum atomic E-state index is 3.76. The molecule has 0 aromatic carbocycles. The van der Waals surface area contributed by atoms with Gasteiger partial charge in [-0.25, -0.2) is 0 Å². The van der Waals surface area contributed by atoms with Crippen molar-refractivity contribution in [2.45, 2.75) is 24.3 Å². The molecule has 0 spiro atoms. The van der Waals surface area contributed by atoms with Crippen LogP contribution in [-0.4, -0.2) is 10.2 Å². The van der Waals surface area contributed by atoms with E-state index < -0.39 is 0 Å². The third-order valence-electron chi connectivity index (χ3n) is 1.91. The van der Waals surface area contributed by atoms with Crippen LogP contribution in [0.1, 0.15) is 19.3 Å². The van der Waals surface area contributed by atoms with E-state index in [1.807, 2.05) is 18.2 Å². The third kappa shape index (κ3) is 3.99. The lowest BCUT2D eigenvalue weighted by atomic mass is 9.96. The summed E-state index contributed by atoms with van der Waals surface area (Å²) in [5, 5.41) is 0.436. The van der Waals surface area contributed by atoms with E-state index in [4.69, 9.17) is 0 Å². The Morgan fingerprint density at radius 3 is 1.36 bits per heavy atom. The molecule has 0 bridgehead atoms. The van der Waals surface area contributed by atoms with Crippen molar-refractivity contribution in [3.63, 3.8) is 0 Å². The lowest BCUT2D eigenvalue weighted by Crippen LogP contribution is -2.09. The Balaban J connectivity index is 4.09. The molecule has 0 fully saturated rings. The second kappa shape index (κ2) is 5.14. The predicted octanol–water partition coefficient (Wildman–Crippen LogP) is 2.24. The van der Waals surface area contributed by atoms with Crippen LogP contribution in [0.4, 0.5) is 0 Å². The van der Waals surface area contributed by atoms with Gasteiger partial charge in [0.2, 0.25) is 0 Å². The largest absolute Gasteiger partial charge is 0.103 e. The van der Waals surface area contributed by atoms with Gasteiger partial charge in [-0.05, 0) is 24.3 Å². The standard InChI is InChI=1S/C10H18Si/c1-4-7-10(11,8-5-2)9-6-3/h4-6H,1-3,7-9H2,11H3. The first-order valence-corrected chi connectivity index (χ1v) is 5.01. The zero-order valence-corrected chi connectivity index (χ0v) is 9.47. The second-order valence-corrected chi connectivity index (χ2v) is 5.41. The van der Waals surface area contributed by atoms with Crippen LogP contribution in [0.5, 0.6) is 0 Å². The molecule has 0 aliphatic carbocycles. The maximum absolute atomic E-state index is 3.76. The molecule has 0 rings (SSSR count). The summed E-state index contributed by atoms with van der Waals surface area (Å²) in [6, 6.07) is 0. The molecule has 1 heteroatoms. The summed E-state index contributed by atoms with van der Waals surface area (Å²) in [7, 11) is 1.18. The van der Waals surface area contributed by atoms with E-state index >= 15 is 0 Å². The Bertz CT molecular complexity index is 120. The topological polar surface area (TPSA) is 0 Å². The van der Waals surface area contributed by atoms with Gasteiger partial charge in [-0.2, -0.15) is 0 Å². The lowest BCUT2D eigenvalue weighted by Gasteiger charge is -2.25. The molecule has 0 nitrogen and oxygen atoms in total. The van der Waals surface area contributed by atoms with Crippen LogP contribution < -0.4 is 0 Å². The summed E-state index contributed by atoms with van der Waals surface area (Å²) in [6.07, 6.45) is 9.28. The van der Waals surface area contributed by atoms with Crippen LogP contribution in [0.3, 0.4) is 0 Å². The fourth-order valence-corrected chi connectivity index (χ4v) is 2.16. The molecule has 0 N–H and O–H groups in total. The molecular weight excluding hydrogens is 148 g/mol. The smallest absolute Gasteiger partial charge is 0.0118 e. The minimum atomic E-state index is 0.436. The maximum Gasteiger partial charge on any atom is 0.0118 e. The highest BCUT2D eigenvalue weighted by Crippen LogP contribution is 2.35. The van der Waals surface area contributed by atoms with Crippen molar-refractivity contribution in [3.8, 4) is 0 Å². The van der Waals surface area contributed by atoms with Gasteiger partial charge in [0.15, 0.2) is 0 Å². The second-order valence-electron chi connectivity index (χ2n) is 3.29. The Morgan fingerprint density at radius 1 is 0.909 bits per heavy atom. The summed E-state index contributed by atoms with van der Waals surface area (Å²) in [4.78, 5) is 0. The van der Waals surface area contributed by atoms with Gasteiger partial charge in [0.1, 0.15) is 0 Å². The van der Waals surface area contributed by atoms with Gasteiger partial charge in [0.05, 0.1) is 0 Å². The number of hydrogen-bond donors (Lipinski definition) is 0. The minimum absolute atomic E-state index is 0.436. The first-order valence-electron chi connectivity index (χ1n) is 4.01. The molecule has 0 unspecified atom stereocenters. The summed E-state index contributed by atoms with van der Waals surface area (Å²) >= 11 is 0. The van der Waals surface area contributed by atoms with Gasteiger partial charge in [-0.1, -0.05) is 18.2 Å². The average Bonchev–Trinajstić information content (AvgIpc) is 1.88. The van der Waals surface area contributed by atoms with Gasteiger partial charge in [0.25, 0.3) is 0 Å². The fraction of sp³-hybridized carbons (Fsp3) is 0.400. The van der Waals surface area contributed by atoms with Crippen LogP contribution in [0, 0.1) is 0 Å². The van der Waals surface area contributed by atoms with Crippen LogP contribution >= 0.6 is 0 Å². The van der Waals surface area contributed by atoms with E-state index in [1.54, 1.807) is 0 Å². The van der Waals surface area contributed by atoms with Crippen molar-refractivity contribution in [1.29, 1.82) is 0 Å². The minimum Gasteiger partial charge on any atom is -0.103 e.